The molecule has 0 radical (unpaired) electrons. The van der Waals surface area contributed by atoms with Crippen molar-refractivity contribution in [3.8, 4) is 0 Å². The number of ether oxygens (including phenoxy) is 1. The molecule has 2 aliphatic heterocycles. The first kappa shape index (κ1) is 15.9. The van der Waals surface area contributed by atoms with Crippen molar-refractivity contribution in [2.45, 2.75) is 44.4 Å². The molecule has 6 nitrogen and oxygen atoms in total. The summed E-state index contributed by atoms with van der Waals surface area (Å²) in [6.07, 6.45) is 5.95. The minimum Gasteiger partial charge on any atom is -0.445 e. The molecular weight excluding hydrogens is 318 g/mol. The van der Waals surface area contributed by atoms with E-state index in [0.717, 1.165) is 18.4 Å². The van der Waals surface area contributed by atoms with Crippen LogP contribution in [0.2, 0.25) is 0 Å². The minimum absolute atomic E-state index is 0.0834. The standard InChI is InChI=1S/C19H21N3O3/c1-19(12-14-6-2-3-8-16(14)17(23)25-19)18(24)22-11-4-7-15(22)13-21-10-5-9-20-21/h2-3,5-6,8-10,15H,4,7,11-13H2,1H3/t15-,19+/m0/s1. The van der Waals surface area contributed by atoms with Gasteiger partial charge in [0.05, 0.1) is 18.2 Å². The van der Waals surface area contributed by atoms with Crippen molar-refractivity contribution in [3.63, 3.8) is 0 Å². The van der Waals surface area contributed by atoms with Gasteiger partial charge in [0.2, 0.25) is 0 Å². The van der Waals surface area contributed by atoms with E-state index in [2.05, 4.69) is 5.10 Å². The highest BCUT2D eigenvalue weighted by atomic mass is 16.6. The number of amides is 1. The molecule has 25 heavy (non-hydrogen) atoms. The Morgan fingerprint density at radius 1 is 1.36 bits per heavy atom. The summed E-state index contributed by atoms with van der Waals surface area (Å²) >= 11 is 0. The molecule has 3 heterocycles. The Morgan fingerprint density at radius 3 is 3.00 bits per heavy atom. The number of rotatable bonds is 3. The van der Waals surface area contributed by atoms with Crippen LogP contribution in [-0.4, -0.2) is 44.7 Å². The molecule has 4 rings (SSSR count). The molecule has 130 valence electrons. The monoisotopic (exact) mass is 339 g/mol. The van der Waals surface area contributed by atoms with Gasteiger partial charge >= 0.3 is 5.97 Å². The summed E-state index contributed by atoms with van der Waals surface area (Å²) in [6, 6.07) is 9.30. The molecule has 1 saturated heterocycles. The normalized spacial score (nSPS) is 25.6. The Kier molecular flexibility index (Phi) is 3.82. The maximum absolute atomic E-state index is 13.2. The predicted octanol–water partition coefficient (Wildman–Crippen LogP) is 2.05. The van der Waals surface area contributed by atoms with E-state index in [1.807, 2.05) is 40.0 Å². The van der Waals surface area contributed by atoms with Gasteiger partial charge in [-0.1, -0.05) is 18.2 Å². The lowest BCUT2D eigenvalue weighted by Gasteiger charge is -2.37. The SMILES string of the molecule is C[C@]1(C(=O)N2CCC[C@H]2Cn2cccn2)Cc2ccccc2C(=O)O1. The number of likely N-dealkylation sites (tertiary alicyclic amines) is 1. The second-order valence-electron chi connectivity index (χ2n) is 6.98. The van der Waals surface area contributed by atoms with Gasteiger partial charge < -0.3 is 9.64 Å². The predicted molar refractivity (Wildman–Crippen MR) is 90.9 cm³/mol. The summed E-state index contributed by atoms with van der Waals surface area (Å²) in [5.41, 5.74) is 0.290. The Morgan fingerprint density at radius 2 is 2.20 bits per heavy atom. The Labute approximate surface area is 146 Å². The van der Waals surface area contributed by atoms with Crippen LogP contribution in [0.15, 0.2) is 42.7 Å². The molecule has 1 amide bonds. The molecule has 2 atom stereocenters. The molecule has 1 aromatic heterocycles. The lowest BCUT2D eigenvalue weighted by Crippen LogP contribution is -2.54. The molecule has 0 N–H and O–H groups in total. The van der Waals surface area contributed by atoms with Gasteiger partial charge in [0.1, 0.15) is 0 Å². The smallest absolute Gasteiger partial charge is 0.339 e. The highest BCUT2D eigenvalue weighted by molar-refractivity contribution is 5.97. The number of carbonyl (C=O) groups excluding carboxylic acids is 2. The molecule has 0 spiro atoms. The largest absolute Gasteiger partial charge is 0.445 e. The molecule has 0 unspecified atom stereocenters. The van der Waals surface area contributed by atoms with Gasteiger partial charge in [-0.3, -0.25) is 9.48 Å². The lowest BCUT2D eigenvalue weighted by molar-refractivity contribution is -0.152. The fraction of sp³-hybridized carbons (Fsp3) is 0.421. The van der Waals surface area contributed by atoms with Gasteiger partial charge in [-0.05, 0) is 37.5 Å². The van der Waals surface area contributed by atoms with Crippen LogP contribution < -0.4 is 0 Å². The second kappa shape index (κ2) is 6.02. The summed E-state index contributed by atoms with van der Waals surface area (Å²) in [5.74, 6) is -0.523. The van der Waals surface area contributed by atoms with E-state index in [0.29, 0.717) is 25.1 Å². The number of nitrogens with zero attached hydrogens (tertiary/aromatic N) is 3. The van der Waals surface area contributed by atoms with E-state index < -0.39 is 11.6 Å². The van der Waals surface area contributed by atoms with Gasteiger partial charge in [0, 0.05) is 25.4 Å². The zero-order chi connectivity index (χ0) is 17.4. The Balaban J connectivity index is 1.56. The quantitative estimate of drug-likeness (QED) is 0.803. The highest BCUT2D eigenvalue weighted by Crippen LogP contribution is 2.32. The van der Waals surface area contributed by atoms with Crippen LogP contribution >= 0.6 is 0 Å². The first-order chi connectivity index (χ1) is 12.1. The summed E-state index contributed by atoms with van der Waals surface area (Å²) in [5, 5.41) is 4.24. The van der Waals surface area contributed by atoms with Crippen LogP contribution in [0.4, 0.5) is 0 Å². The van der Waals surface area contributed by atoms with Crippen LogP contribution in [0.3, 0.4) is 0 Å². The molecule has 6 heteroatoms. The van der Waals surface area contributed by atoms with E-state index in [-0.39, 0.29) is 11.9 Å². The molecule has 0 aliphatic carbocycles. The van der Waals surface area contributed by atoms with Crippen LogP contribution in [-0.2, 0) is 22.5 Å². The maximum atomic E-state index is 13.2. The molecule has 0 bridgehead atoms. The number of fused-ring (bicyclic) bond motifs is 1. The molecule has 1 fully saturated rings. The summed E-state index contributed by atoms with van der Waals surface area (Å²) in [4.78, 5) is 27.5. The number of carbonyl (C=O) groups is 2. The molecular formula is C19H21N3O3. The first-order valence-electron chi connectivity index (χ1n) is 8.66. The minimum atomic E-state index is -1.14. The van der Waals surface area contributed by atoms with Crippen molar-refractivity contribution in [2.75, 3.05) is 6.54 Å². The first-order valence-corrected chi connectivity index (χ1v) is 8.66. The molecule has 2 aliphatic rings. The van der Waals surface area contributed by atoms with Crippen molar-refractivity contribution in [2.24, 2.45) is 0 Å². The fourth-order valence-electron chi connectivity index (χ4n) is 3.87. The summed E-state index contributed by atoms with van der Waals surface area (Å²) in [7, 11) is 0. The van der Waals surface area contributed by atoms with Crippen molar-refractivity contribution < 1.29 is 14.3 Å². The van der Waals surface area contributed by atoms with Crippen molar-refractivity contribution in [1.82, 2.24) is 14.7 Å². The van der Waals surface area contributed by atoms with Gasteiger partial charge in [0.25, 0.3) is 5.91 Å². The van der Waals surface area contributed by atoms with Gasteiger partial charge in [-0.25, -0.2) is 4.79 Å². The van der Waals surface area contributed by atoms with E-state index in [1.165, 1.54) is 0 Å². The number of hydrogen-bond donors (Lipinski definition) is 0. The van der Waals surface area contributed by atoms with Gasteiger partial charge in [-0.15, -0.1) is 0 Å². The number of aromatic nitrogens is 2. The maximum Gasteiger partial charge on any atom is 0.339 e. The van der Waals surface area contributed by atoms with Crippen LogP contribution in [0, 0.1) is 0 Å². The van der Waals surface area contributed by atoms with Crippen LogP contribution in [0.1, 0.15) is 35.7 Å². The lowest BCUT2D eigenvalue weighted by atomic mass is 9.88. The summed E-state index contributed by atoms with van der Waals surface area (Å²) in [6.45, 7) is 3.09. The highest BCUT2D eigenvalue weighted by Gasteiger charge is 2.47. The van der Waals surface area contributed by atoms with E-state index in [4.69, 9.17) is 4.74 Å². The van der Waals surface area contributed by atoms with Crippen LogP contribution in [0.5, 0.6) is 0 Å². The van der Waals surface area contributed by atoms with Crippen molar-refractivity contribution >= 4 is 11.9 Å². The van der Waals surface area contributed by atoms with Crippen molar-refractivity contribution in [1.29, 1.82) is 0 Å². The second-order valence-corrected chi connectivity index (χ2v) is 6.98. The van der Waals surface area contributed by atoms with Crippen molar-refractivity contribution in [3.05, 3.63) is 53.9 Å². The van der Waals surface area contributed by atoms with E-state index in [1.54, 1.807) is 19.2 Å². The average Bonchev–Trinajstić information content (AvgIpc) is 3.26. The molecule has 1 aromatic carbocycles. The summed E-state index contributed by atoms with van der Waals surface area (Å²) < 4.78 is 7.45. The van der Waals surface area contributed by atoms with E-state index in [9.17, 15) is 9.59 Å². The zero-order valence-electron chi connectivity index (χ0n) is 14.2. The fourth-order valence-corrected chi connectivity index (χ4v) is 3.87. The third kappa shape index (κ3) is 2.81. The Bertz CT molecular complexity index is 802. The number of hydrogen-bond acceptors (Lipinski definition) is 4. The van der Waals surface area contributed by atoms with E-state index >= 15 is 0 Å². The molecule has 0 saturated carbocycles. The van der Waals surface area contributed by atoms with Gasteiger partial charge in [0.15, 0.2) is 5.60 Å². The zero-order valence-corrected chi connectivity index (χ0v) is 14.2. The topological polar surface area (TPSA) is 64.4 Å². The third-order valence-electron chi connectivity index (χ3n) is 5.13. The average molecular weight is 339 g/mol. The van der Waals surface area contributed by atoms with Gasteiger partial charge in [-0.2, -0.15) is 5.10 Å². The van der Waals surface area contributed by atoms with Crippen LogP contribution in [0.25, 0.3) is 0 Å². The number of esters is 1. The number of cyclic esters (lactones) is 1. The third-order valence-corrected chi connectivity index (χ3v) is 5.13. The number of benzene rings is 1. The molecule has 2 aromatic rings. The Hall–Kier alpha value is -2.63.